The Morgan fingerprint density at radius 3 is 2.38 bits per heavy atom. The summed E-state index contributed by atoms with van der Waals surface area (Å²) in [7, 11) is -2.27. The lowest BCUT2D eigenvalue weighted by atomic mass is 10.2. The molecule has 6 nitrogen and oxygen atoms in total. The number of aryl methyl sites for hydroxylation is 1. The summed E-state index contributed by atoms with van der Waals surface area (Å²) in [5.74, 6) is 0.303. The molecular weight excluding hydrogens is 316 g/mol. The molecule has 8 heteroatoms. The van der Waals surface area contributed by atoms with E-state index in [0.717, 1.165) is 6.41 Å². The summed E-state index contributed by atoms with van der Waals surface area (Å²) in [5.41, 5.74) is 0.662. The highest BCUT2D eigenvalue weighted by Gasteiger charge is 2.31. The number of carbonyl (C=O) groups is 1. The molecule has 116 valence electrons. The second kappa shape index (κ2) is 6.21. The number of sulfonamides is 1. The molecule has 0 spiro atoms. The number of carbonyl (C=O) groups excluding carboxylic acids is 1. The summed E-state index contributed by atoms with van der Waals surface area (Å²) < 4.78 is 32.1. The Hall–Kier alpha value is -1.31. The first-order chi connectivity index (χ1) is 9.90. The van der Waals surface area contributed by atoms with Crippen LogP contribution in [-0.4, -0.2) is 57.3 Å². The molecule has 0 atom stereocenters. The third kappa shape index (κ3) is 3.14. The Morgan fingerprint density at radius 1 is 1.24 bits per heavy atom. The average molecular weight is 333 g/mol. The van der Waals surface area contributed by atoms with Gasteiger partial charge in [0.2, 0.25) is 16.4 Å². The molecule has 1 aromatic rings. The van der Waals surface area contributed by atoms with E-state index < -0.39 is 10.0 Å². The number of hydrogen-bond donors (Lipinski definition) is 0. The third-order valence-electron chi connectivity index (χ3n) is 3.45. The van der Waals surface area contributed by atoms with E-state index >= 15 is 0 Å². The Labute approximate surface area is 129 Å². The molecule has 1 heterocycles. The van der Waals surface area contributed by atoms with Gasteiger partial charge in [0.15, 0.2) is 0 Å². The zero-order valence-corrected chi connectivity index (χ0v) is 13.4. The number of nitrogens with zero attached hydrogens (tertiary/aromatic N) is 2. The molecule has 1 fully saturated rings. The lowest BCUT2D eigenvalue weighted by Crippen LogP contribution is -2.48. The van der Waals surface area contributed by atoms with Gasteiger partial charge in [0.25, 0.3) is 0 Å². The first-order valence-corrected chi connectivity index (χ1v) is 8.25. The van der Waals surface area contributed by atoms with Crippen molar-refractivity contribution >= 4 is 28.0 Å². The topological polar surface area (TPSA) is 66.9 Å². The molecule has 1 aliphatic rings. The molecule has 21 heavy (non-hydrogen) atoms. The van der Waals surface area contributed by atoms with E-state index in [0.29, 0.717) is 29.4 Å². The van der Waals surface area contributed by atoms with Crippen molar-refractivity contribution in [3.63, 3.8) is 0 Å². The highest BCUT2D eigenvalue weighted by Crippen LogP contribution is 2.33. The molecule has 2 rings (SSSR count). The van der Waals surface area contributed by atoms with E-state index in [4.69, 9.17) is 16.3 Å². The van der Waals surface area contributed by atoms with Crippen LogP contribution in [0.1, 0.15) is 5.56 Å². The maximum absolute atomic E-state index is 12.7. The number of ether oxygens (including phenoxy) is 1. The van der Waals surface area contributed by atoms with Gasteiger partial charge in [0.1, 0.15) is 10.6 Å². The van der Waals surface area contributed by atoms with Crippen LogP contribution in [0.2, 0.25) is 5.02 Å². The van der Waals surface area contributed by atoms with Crippen LogP contribution in [0.25, 0.3) is 0 Å². The number of benzene rings is 1. The second-order valence-corrected chi connectivity index (χ2v) is 7.14. The predicted octanol–water partition coefficient (Wildman–Crippen LogP) is 1.12. The molecule has 1 saturated heterocycles. The van der Waals surface area contributed by atoms with Crippen LogP contribution in [0.4, 0.5) is 0 Å². The fourth-order valence-electron chi connectivity index (χ4n) is 2.34. The second-order valence-electron chi connectivity index (χ2n) is 4.80. The van der Waals surface area contributed by atoms with E-state index in [9.17, 15) is 13.2 Å². The molecule has 0 aliphatic carbocycles. The summed E-state index contributed by atoms with van der Waals surface area (Å²) in [4.78, 5) is 12.3. The molecule has 0 aromatic heterocycles. The lowest BCUT2D eigenvalue weighted by molar-refractivity contribution is -0.119. The summed E-state index contributed by atoms with van der Waals surface area (Å²) in [6.07, 6.45) is 0.730. The maximum Gasteiger partial charge on any atom is 0.246 e. The molecule has 0 unspecified atom stereocenters. The average Bonchev–Trinajstić information content (AvgIpc) is 2.46. The van der Waals surface area contributed by atoms with Crippen LogP contribution < -0.4 is 4.74 Å². The normalized spacial score (nSPS) is 16.8. The smallest absolute Gasteiger partial charge is 0.246 e. The minimum absolute atomic E-state index is 0.0644. The fraction of sp³-hybridized carbons (Fsp3) is 0.462. The van der Waals surface area contributed by atoms with Gasteiger partial charge in [-0.3, -0.25) is 4.79 Å². The molecule has 0 bridgehead atoms. The van der Waals surface area contributed by atoms with Gasteiger partial charge in [-0.1, -0.05) is 11.6 Å². The van der Waals surface area contributed by atoms with Crippen molar-refractivity contribution in [1.29, 1.82) is 0 Å². The van der Waals surface area contributed by atoms with Crippen LogP contribution in [0.5, 0.6) is 5.75 Å². The van der Waals surface area contributed by atoms with Crippen molar-refractivity contribution in [2.45, 2.75) is 11.8 Å². The third-order valence-corrected chi connectivity index (χ3v) is 5.57. The quantitative estimate of drug-likeness (QED) is 0.775. The van der Waals surface area contributed by atoms with Gasteiger partial charge in [0, 0.05) is 31.2 Å². The van der Waals surface area contributed by atoms with Gasteiger partial charge in [-0.05, 0) is 24.6 Å². The molecular formula is C13H17ClN2O4S. The van der Waals surface area contributed by atoms with Gasteiger partial charge < -0.3 is 9.64 Å². The predicted molar refractivity (Wildman–Crippen MR) is 79.1 cm³/mol. The lowest BCUT2D eigenvalue weighted by Gasteiger charge is -2.32. The molecule has 1 aromatic carbocycles. The Kier molecular flexibility index (Phi) is 4.75. The van der Waals surface area contributed by atoms with Crippen molar-refractivity contribution in [3.8, 4) is 5.75 Å². The van der Waals surface area contributed by atoms with Crippen molar-refractivity contribution in [2.24, 2.45) is 0 Å². The van der Waals surface area contributed by atoms with E-state index in [1.807, 2.05) is 0 Å². The van der Waals surface area contributed by atoms with Crippen LogP contribution in [0.3, 0.4) is 0 Å². The van der Waals surface area contributed by atoms with Crippen LogP contribution in [-0.2, 0) is 14.8 Å². The van der Waals surface area contributed by atoms with Crippen molar-refractivity contribution in [2.75, 3.05) is 33.3 Å². The summed E-state index contributed by atoms with van der Waals surface area (Å²) in [6.45, 7) is 3.02. The van der Waals surface area contributed by atoms with Gasteiger partial charge in [-0.15, -0.1) is 0 Å². The Bertz CT molecular complexity index is 640. The number of methoxy groups -OCH3 is 1. The van der Waals surface area contributed by atoms with Crippen LogP contribution >= 0.6 is 11.6 Å². The Balaban J connectivity index is 2.38. The highest BCUT2D eigenvalue weighted by atomic mass is 35.5. The molecule has 0 radical (unpaired) electrons. The number of amides is 1. The van der Waals surface area contributed by atoms with Crippen molar-refractivity contribution in [1.82, 2.24) is 9.21 Å². The SMILES string of the molecule is COc1c(C)cc(Cl)cc1S(=O)(=O)N1CCN(C=O)CC1. The van der Waals surface area contributed by atoms with Crippen LogP contribution in [0, 0.1) is 6.92 Å². The number of halogens is 1. The monoisotopic (exact) mass is 332 g/mol. The van der Waals surface area contributed by atoms with Gasteiger partial charge in [-0.25, -0.2) is 8.42 Å². The molecule has 1 amide bonds. The molecule has 0 saturated carbocycles. The first-order valence-electron chi connectivity index (χ1n) is 6.43. The fourth-order valence-corrected chi connectivity index (χ4v) is 4.35. The number of hydrogen-bond acceptors (Lipinski definition) is 4. The first kappa shape index (κ1) is 16.1. The maximum atomic E-state index is 12.7. The van der Waals surface area contributed by atoms with E-state index in [1.54, 1.807) is 17.9 Å². The van der Waals surface area contributed by atoms with Crippen molar-refractivity contribution in [3.05, 3.63) is 22.7 Å². The molecule has 0 N–H and O–H groups in total. The number of piperazine rings is 1. The molecule has 1 aliphatic heterocycles. The van der Waals surface area contributed by atoms with Gasteiger partial charge in [-0.2, -0.15) is 4.31 Å². The standard InChI is InChI=1S/C13H17ClN2O4S/c1-10-7-11(14)8-12(13(10)20-2)21(18,19)16-5-3-15(9-17)4-6-16/h7-9H,3-6H2,1-2H3. The summed E-state index contributed by atoms with van der Waals surface area (Å²) in [5, 5.41) is 0.346. The zero-order valence-electron chi connectivity index (χ0n) is 11.9. The van der Waals surface area contributed by atoms with Crippen LogP contribution in [0.15, 0.2) is 17.0 Å². The largest absolute Gasteiger partial charge is 0.495 e. The van der Waals surface area contributed by atoms with Gasteiger partial charge >= 0.3 is 0 Å². The zero-order chi connectivity index (χ0) is 15.6. The van der Waals surface area contributed by atoms with Crippen molar-refractivity contribution < 1.29 is 17.9 Å². The summed E-state index contributed by atoms with van der Waals surface area (Å²) in [6, 6.07) is 3.05. The van der Waals surface area contributed by atoms with Gasteiger partial charge in [0.05, 0.1) is 7.11 Å². The number of rotatable bonds is 4. The van der Waals surface area contributed by atoms with E-state index in [-0.39, 0.29) is 18.0 Å². The minimum Gasteiger partial charge on any atom is -0.495 e. The Morgan fingerprint density at radius 2 is 1.86 bits per heavy atom. The van der Waals surface area contributed by atoms with E-state index in [1.165, 1.54) is 17.5 Å². The summed E-state index contributed by atoms with van der Waals surface area (Å²) >= 11 is 5.98. The highest BCUT2D eigenvalue weighted by molar-refractivity contribution is 7.89. The van der Waals surface area contributed by atoms with E-state index in [2.05, 4.69) is 0 Å². The minimum atomic E-state index is -3.70.